The molecular formula is C28H38NaO13PS. The van der Waals surface area contributed by atoms with E-state index in [9.17, 15) is 22.7 Å². The Bertz CT molecular complexity index is 1400. The van der Waals surface area contributed by atoms with Gasteiger partial charge < -0.3 is 42.7 Å². The molecule has 1 N–H and O–H groups in total. The van der Waals surface area contributed by atoms with Crippen LogP contribution in [0.5, 0.6) is 28.7 Å². The van der Waals surface area contributed by atoms with E-state index in [1.165, 1.54) is 34.3 Å². The molecule has 240 valence electrons. The van der Waals surface area contributed by atoms with E-state index in [1.54, 1.807) is 18.2 Å². The number of phosphoric ester groups is 1. The van der Waals surface area contributed by atoms with Gasteiger partial charge in [-0.3, -0.25) is 9.36 Å². The Morgan fingerprint density at radius 2 is 1.50 bits per heavy atom. The quantitative estimate of drug-likeness (QED) is 0.142. The van der Waals surface area contributed by atoms with Crippen molar-refractivity contribution in [1.82, 2.24) is 0 Å². The maximum Gasteiger partial charge on any atom is 1.00 e. The number of hydrogen-bond donors (Lipinski definition) is 1. The van der Waals surface area contributed by atoms with Crippen LogP contribution in [0.4, 0.5) is 0 Å². The first-order valence-corrected chi connectivity index (χ1v) is 16.8. The standard InChI is InChI=1S/C28H39O13PS.Na/c1-6-10-39-28-25(38-11-7-12-40-42(30,31)32)15-20(16-26(28)43(33,34)17-18(2)29)22-9-8-21(41-22)19-13-23(35-3)27(37-5)24(14-19)36-4;/h13-16,21-22H,6-12,17H2,1-5H3,(H2,30,31,32);/q;+1/p-1/t21-,22-;/m0./s1. The van der Waals surface area contributed by atoms with Gasteiger partial charge in [-0.1, -0.05) is 6.92 Å². The number of carbonyl (C=O) groups excluding carboxylic acids is 1. The van der Waals surface area contributed by atoms with Gasteiger partial charge in [-0.2, -0.15) is 0 Å². The topological polar surface area (TPSA) is 176 Å². The number of sulfone groups is 1. The molecule has 1 aliphatic heterocycles. The van der Waals surface area contributed by atoms with Crippen molar-refractivity contribution in [3.8, 4) is 28.7 Å². The van der Waals surface area contributed by atoms with E-state index in [0.29, 0.717) is 42.1 Å². The van der Waals surface area contributed by atoms with Crippen LogP contribution < -0.4 is 58.1 Å². The van der Waals surface area contributed by atoms with Crippen molar-refractivity contribution in [3.05, 3.63) is 35.4 Å². The molecule has 3 rings (SSSR count). The van der Waals surface area contributed by atoms with Crippen molar-refractivity contribution in [2.24, 2.45) is 0 Å². The molecule has 0 amide bonds. The minimum atomic E-state index is -4.90. The third kappa shape index (κ3) is 10.3. The molecule has 0 aromatic heterocycles. The van der Waals surface area contributed by atoms with E-state index in [4.69, 9.17) is 33.3 Å². The van der Waals surface area contributed by atoms with Gasteiger partial charge in [0.2, 0.25) is 5.75 Å². The van der Waals surface area contributed by atoms with Gasteiger partial charge in [-0.25, -0.2) is 8.42 Å². The third-order valence-corrected chi connectivity index (χ3v) is 8.74. The zero-order chi connectivity index (χ0) is 31.8. The van der Waals surface area contributed by atoms with Gasteiger partial charge in [0.25, 0.3) is 7.82 Å². The van der Waals surface area contributed by atoms with Crippen LogP contribution in [0, 0.1) is 0 Å². The fourth-order valence-corrected chi connectivity index (χ4v) is 6.46. The van der Waals surface area contributed by atoms with Crippen LogP contribution in [0.1, 0.15) is 62.9 Å². The monoisotopic (exact) mass is 668 g/mol. The first-order valence-electron chi connectivity index (χ1n) is 13.6. The molecule has 16 heteroatoms. The van der Waals surface area contributed by atoms with E-state index in [2.05, 4.69) is 4.52 Å². The number of carbonyl (C=O) groups is 1. The first-order chi connectivity index (χ1) is 20.3. The molecule has 2 aromatic rings. The normalized spacial score (nSPS) is 17.7. The van der Waals surface area contributed by atoms with Gasteiger partial charge in [-0.15, -0.1) is 0 Å². The summed E-state index contributed by atoms with van der Waals surface area (Å²) >= 11 is 0. The SMILES string of the molecule is CCCOc1c(OCCCOP(=O)([O-])O)cc([C@@H]2CC[C@@H](c3cc(OC)c(OC)c(OC)c3)O2)cc1S(=O)(=O)CC(C)=O.[Na+]. The second kappa shape index (κ2) is 17.2. The molecule has 3 atom stereocenters. The van der Waals surface area contributed by atoms with Gasteiger partial charge in [0.1, 0.15) is 16.4 Å². The molecular weight excluding hydrogens is 630 g/mol. The van der Waals surface area contributed by atoms with Crippen LogP contribution in [-0.2, 0) is 28.5 Å². The van der Waals surface area contributed by atoms with Crippen molar-refractivity contribution in [2.45, 2.75) is 56.6 Å². The maximum absolute atomic E-state index is 13.4. The van der Waals surface area contributed by atoms with Crippen molar-refractivity contribution in [2.75, 3.05) is 46.9 Å². The average Bonchev–Trinajstić information content (AvgIpc) is 3.44. The number of ketones is 1. The Balaban J connectivity index is 0.00000675. The van der Waals surface area contributed by atoms with E-state index < -0.39 is 35.3 Å². The van der Waals surface area contributed by atoms with Gasteiger partial charge in [0.15, 0.2) is 32.8 Å². The van der Waals surface area contributed by atoms with Crippen molar-refractivity contribution < 1.29 is 90.1 Å². The smallest absolute Gasteiger partial charge is 0.756 e. The molecule has 1 heterocycles. The molecule has 0 saturated carbocycles. The summed E-state index contributed by atoms with van der Waals surface area (Å²) in [6.45, 7) is 2.77. The van der Waals surface area contributed by atoms with E-state index >= 15 is 0 Å². The molecule has 2 aromatic carbocycles. The molecule has 1 fully saturated rings. The fourth-order valence-electron chi connectivity index (χ4n) is 4.65. The second-order valence-electron chi connectivity index (χ2n) is 9.81. The number of Topliss-reactive ketones (excluding diaryl/α,β-unsaturated/α-hetero) is 1. The number of benzene rings is 2. The summed E-state index contributed by atoms with van der Waals surface area (Å²) in [4.78, 5) is 31.3. The van der Waals surface area contributed by atoms with Crippen LogP contribution in [0.3, 0.4) is 0 Å². The van der Waals surface area contributed by atoms with Gasteiger partial charge >= 0.3 is 29.6 Å². The molecule has 0 aliphatic carbocycles. The Kier molecular flexibility index (Phi) is 14.9. The molecule has 1 aliphatic rings. The zero-order valence-electron chi connectivity index (χ0n) is 25.8. The largest absolute Gasteiger partial charge is 1.00 e. The fraction of sp³-hybridized carbons (Fsp3) is 0.536. The number of ether oxygens (including phenoxy) is 6. The number of methoxy groups -OCH3 is 3. The minimum absolute atomic E-state index is 0. The number of rotatable bonds is 17. The molecule has 1 unspecified atom stereocenters. The molecule has 44 heavy (non-hydrogen) atoms. The maximum atomic E-state index is 13.4. The summed E-state index contributed by atoms with van der Waals surface area (Å²) in [5, 5.41) is 0. The Labute approximate surface area is 279 Å². The Morgan fingerprint density at radius 1 is 0.932 bits per heavy atom. The molecule has 13 nitrogen and oxygen atoms in total. The predicted molar refractivity (Wildman–Crippen MR) is 153 cm³/mol. The zero-order valence-corrected chi connectivity index (χ0v) is 29.5. The third-order valence-electron chi connectivity index (χ3n) is 6.47. The van der Waals surface area contributed by atoms with Gasteiger partial charge in [-0.05, 0) is 61.6 Å². The summed E-state index contributed by atoms with van der Waals surface area (Å²) in [6, 6.07) is 6.65. The molecule has 0 spiro atoms. The minimum Gasteiger partial charge on any atom is -0.756 e. The number of hydrogen-bond acceptors (Lipinski definition) is 12. The van der Waals surface area contributed by atoms with Crippen molar-refractivity contribution >= 4 is 23.4 Å². The van der Waals surface area contributed by atoms with Crippen LogP contribution >= 0.6 is 7.82 Å². The summed E-state index contributed by atoms with van der Waals surface area (Å²) in [7, 11) is -4.49. The summed E-state index contributed by atoms with van der Waals surface area (Å²) in [5.41, 5.74) is 1.27. The van der Waals surface area contributed by atoms with Crippen LogP contribution in [0.2, 0.25) is 0 Å². The van der Waals surface area contributed by atoms with Crippen molar-refractivity contribution in [3.63, 3.8) is 0 Å². The summed E-state index contributed by atoms with van der Waals surface area (Å²) in [5.74, 6) is 0.126. The van der Waals surface area contributed by atoms with Gasteiger partial charge in [0, 0.05) is 6.42 Å². The van der Waals surface area contributed by atoms with E-state index in [1.807, 2.05) is 6.92 Å². The van der Waals surface area contributed by atoms with Crippen LogP contribution in [-0.4, -0.2) is 66.0 Å². The second-order valence-corrected chi connectivity index (χ2v) is 13.0. The summed E-state index contributed by atoms with van der Waals surface area (Å²) < 4.78 is 76.4. The van der Waals surface area contributed by atoms with Crippen LogP contribution in [0.25, 0.3) is 0 Å². The molecule has 0 bridgehead atoms. The summed E-state index contributed by atoms with van der Waals surface area (Å²) in [6.07, 6.45) is 0.834. The average molecular weight is 669 g/mol. The van der Waals surface area contributed by atoms with Gasteiger partial charge in [0.05, 0.1) is 53.4 Å². The van der Waals surface area contributed by atoms with E-state index in [0.717, 1.165) is 5.56 Å². The molecule has 1 saturated heterocycles. The number of phosphoric acid groups is 1. The van der Waals surface area contributed by atoms with E-state index in [-0.39, 0.29) is 78.3 Å². The Morgan fingerprint density at radius 3 is 2.00 bits per heavy atom. The Hall–Kier alpha value is -1.87. The van der Waals surface area contributed by atoms with Crippen molar-refractivity contribution in [1.29, 1.82) is 0 Å². The van der Waals surface area contributed by atoms with Crippen LogP contribution in [0.15, 0.2) is 29.2 Å². The predicted octanol–water partition coefficient (Wildman–Crippen LogP) is 0.707. The first kappa shape index (κ1) is 38.3. The molecule has 0 radical (unpaired) electrons.